The molecule has 0 spiro atoms. The van der Waals surface area contributed by atoms with Crippen LogP contribution >= 0.6 is 11.6 Å². The highest BCUT2D eigenvalue weighted by molar-refractivity contribution is 6.33. The minimum atomic E-state index is -0.797. The van der Waals surface area contributed by atoms with E-state index in [0.717, 1.165) is 0 Å². The van der Waals surface area contributed by atoms with Gasteiger partial charge in [0.25, 0.3) is 0 Å². The van der Waals surface area contributed by atoms with E-state index in [1.807, 2.05) is 5.43 Å². The van der Waals surface area contributed by atoms with E-state index in [9.17, 15) is 9.59 Å². The van der Waals surface area contributed by atoms with Crippen molar-refractivity contribution in [2.75, 3.05) is 20.3 Å². The van der Waals surface area contributed by atoms with Gasteiger partial charge in [-0.3, -0.25) is 0 Å². The number of amides is 2. The Labute approximate surface area is 132 Å². The Morgan fingerprint density at radius 3 is 2.73 bits per heavy atom. The molecule has 3 N–H and O–H groups in total. The van der Waals surface area contributed by atoms with Crippen molar-refractivity contribution in [1.29, 1.82) is 0 Å². The molecule has 0 fully saturated rings. The summed E-state index contributed by atoms with van der Waals surface area (Å²) in [7, 11) is 1.43. The lowest BCUT2D eigenvalue weighted by atomic mass is 10.2. The van der Waals surface area contributed by atoms with Crippen LogP contribution in [0, 0.1) is 0 Å². The number of nitrogens with two attached hydrogens (primary N) is 1. The third kappa shape index (κ3) is 5.49. The largest absolute Gasteiger partial charge is 0.493 e. The molecule has 9 heteroatoms. The van der Waals surface area contributed by atoms with Crippen molar-refractivity contribution in [3.63, 3.8) is 0 Å². The van der Waals surface area contributed by atoms with Gasteiger partial charge in [-0.05, 0) is 13.0 Å². The quantitative estimate of drug-likeness (QED) is 0.444. The van der Waals surface area contributed by atoms with E-state index in [1.54, 1.807) is 6.92 Å². The second-order valence-electron chi connectivity index (χ2n) is 3.85. The van der Waals surface area contributed by atoms with E-state index in [1.165, 1.54) is 25.5 Å². The normalized spacial score (nSPS) is 10.3. The summed E-state index contributed by atoms with van der Waals surface area (Å²) in [5, 5.41) is 3.89. The summed E-state index contributed by atoms with van der Waals surface area (Å²) in [6.07, 6.45) is 1.30. The zero-order valence-electron chi connectivity index (χ0n) is 12.1. The van der Waals surface area contributed by atoms with Gasteiger partial charge in [-0.2, -0.15) is 5.10 Å². The van der Waals surface area contributed by atoms with E-state index in [-0.39, 0.29) is 24.0 Å². The first-order valence-corrected chi connectivity index (χ1v) is 6.60. The van der Waals surface area contributed by atoms with Crippen LogP contribution < -0.4 is 20.6 Å². The summed E-state index contributed by atoms with van der Waals surface area (Å²) in [5.41, 5.74) is 7.39. The van der Waals surface area contributed by atoms with E-state index in [2.05, 4.69) is 5.10 Å². The van der Waals surface area contributed by atoms with Gasteiger partial charge in [0.15, 0.2) is 18.1 Å². The molecule has 0 aliphatic rings. The number of ether oxygens (including phenoxy) is 3. The van der Waals surface area contributed by atoms with E-state index < -0.39 is 12.0 Å². The second-order valence-corrected chi connectivity index (χ2v) is 4.26. The maximum atomic E-state index is 11.3. The van der Waals surface area contributed by atoms with Gasteiger partial charge in [0.1, 0.15) is 0 Å². The van der Waals surface area contributed by atoms with Crippen molar-refractivity contribution >= 4 is 29.8 Å². The van der Waals surface area contributed by atoms with Crippen LogP contribution in [-0.4, -0.2) is 38.5 Å². The number of carbonyl (C=O) groups excluding carboxylic acids is 2. The Morgan fingerprint density at radius 1 is 1.41 bits per heavy atom. The number of carbonyl (C=O) groups is 2. The number of hydrogen-bond acceptors (Lipinski definition) is 6. The predicted molar refractivity (Wildman–Crippen MR) is 80.4 cm³/mol. The van der Waals surface area contributed by atoms with E-state index in [0.29, 0.717) is 11.3 Å². The van der Waals surface area contributed by atoms with Gasteiger partial charge in [0, 0.05) is 11.6 Å². The third-order valence-electron chi connectivity index (χ3n) is 2.31. The minimum absolute atomic E-state index is 0.266. The number of benzene rings is 1. The Morgan fingerprint density at radius 2 is 2.14 bits per heavy atom. The molecule has 2 amide bonds. The summed E-state index contributed by atoms with van der Waals surface area (Å²) >= 11 is 6.06. The predicted octanol–water partition coefficient (Wildman–Crippen LogP) is 1.29. The molecule has 0 aromatic heterocycles. The van der Waals surface area contributed by atoms with Gasteiger partial charge in [-0.25, -0.2) is 15.0 Å². The van der Waals surface area contributed by atoms with Crippen LogP contribution in [0.4, 0.5) is 4.79 Å². The zero-order chi connectivity index (χ0) is 16.5. The zero-order valence-corrected chi connectivity index (χ0v) is 12.8. The lowest BCUT2D eigenvalue weighted by Gasteiger charge is -2.12. The van der Waals surface area contributed by atoms with Gasteiger partial charge in [0.2, 0.25) is 0 Å². The van der Waals surface area contributed by atoms with Crippen LogP contribution in [0.5, 0.6) is 11.5 Å². The first kappa shape index (κ1) is 17.6. The van der Waals surface area contributed by atoms with Crippen molar-refractivity contribution in [3.8, 4) is 11.5 Å². The average molecular weight is 330 g/mol. The van der Waals surface area contributed by atoms with Crippen LogP contribution in [0.1, 0.15) is 12.5 Å². The SMILES string of the molecule is CCOC(=O)COc1cc(Cl)c(C=NNC(N)=O)cc1OC. The smallest absolute Gasteiger partial charge is 0.344 e. The van der Waals surface area contributed by atoms with E-state index in [4.69, 9.17) is 31.5 Å². The second kappa shape index (κ2) is 8.73. The molecular formula is C13H16ClN3O5. The first-order valence-electron chi connectivity index (χ1n) is 6.22. The van der Waals surface area contributed by atoms with Crippen LogP contribution in [0.15, 0.2) is 17.2 Å². The number of hydrazone groups is 1. The Kier molecular flexibility index (Phi) is 6.97. The number of primary amides is 1. The molecule has 0 saturated heterocycles. The summed E-state index contributed by atoms with van der Waals surface area (Å²) in [4.78, 5) is 21.8. The van der Waals surface area contributed by atoms with Gasteiger partial charge in [-0.15, -0.1) is 0 Å². The molecule has 8 nitrogen and oxygen atoms in total. The van der Waals surface area contributed by atoms with Crippen molar-refractivity contribution in [3.05, 3.63) is 22.7 Å². The van der Waals surface area contributed by atoms with Gasteiger partial charge in [0.05, 0.1) is 25.0 Å². The molecule has 0 unspecified atom stereocenters. The first-order chi connectivity index (χ1) is 10.5. The number of rotatable bonds is 7. The van der Waals surface area contributed by atoms with Crippen molar-refractivity contribution in [2.45, 2.75) is 6.92 Å². The molecule has 0 radical (unpaired) electrons. The Hall–Kier alpha value is -2.48. The van der Waals surface area contributed by atoms with Gasteiger partial charge in [-0.1, -0.05) is 11.6 Å². The highest BCUT2D eigenvalue weighted by Crippen LogP contribution is 2.32. The molecule has 22 heavy (non-hydrogen) atoms. The number of halogens is 1. The van der Waals surface area contributed by atoms with Crippen molar-refractivity contribution in [1.82, 2.24) is 5.43 Å². The molecule has 1 rings (SSSR count). The highest BCUT2D eigenvalue weighted by Gasteiger charge is 2.12. The number of methoxy groups -OCH3 is 1. The maximum Gasteiger partial charge on any atom is 0.344 e. The molecule has 0 atom stereocenters. The van der Waals surface area contributed by atoms with E-state index >= 15 is 0 Å². The Bertz CT molecular complexity index is 577. The topological polar surface area (TPSA) is 112 Å². The fourth-order valence-electron chi connectivity index (χ4n) is 1.43. The summed E-state index contributed by atoms with van der Waals surface area (Å²) in [6, 6.07) is 2.20. The maximum absolute atomic E-state index is 11.3. The van der Waals surface area contributed by atoms with Gasteiger partial charge < -0.3 is 19.9 Å². The molecule has 0 heterocycles. The highest BCUT2D eigenvalue weighted by atomic mass is 35.5. The average Bonchev–Trinajstić information content (AvgIpc) is 2.46. The van der Waals surface area contributed by atoms with Crippen LogP contribution in [0.2, 0.25) is 5.02 Å². The number of hydrogen-bond donors (Lipinski definition) is 2. The molecule has 0 aliphatic carbocycles. The lowest BCUT2D eigenvalue weighted by molar-refractivity contribution is -0.145. The fourth-order valence-corrected chi connectivity index (χ4v) is 1.63. The number of nitrogens with zero attached hydrogens (tertiary/aromatic N) is 1. The molecule has 0 saturated carbocycles. The van der Waals surface area contributed by atoms with Crippen LogP contribution in [0.3, 0.4) is 0 Å². The minimum Gasteiger partial charge on any atom is -0.493 e. The summed E-state index contributed by atoms with van der Waals surface area (Å²) in [5.74, 6) is 0.117. The molecule has 1 aromatic carbocycles. The van der Waals surface area contributed by atoms with Gasteiger partial charge >= 0.3 is 12.0 Å². The van der Waals surface area contributed by atoms with Crippen LogP contribution in [-0.2, 0) is 9.53 Å². The standard InChI is InChI=1S/C13H16ClN3O5/c1-3-21-12(18)7-22-11-5-9(14)8(4-10(11)20-2)6-16-17-13(15)19/h4-6H,3,7H2,1-2H3,(H3,15,17,19). The number of nitrogens with one attached hydrogen (secondary N) is 1. The molecule has 0 aliphatic heterocycles. The van der Waals surface area contributed by atoms with Crippen LogP contribution in [0.25, 0.3) is 0 Å². The monoisotopic (exact) mass is 329 g/mol. The molecule has 0 bridgehead atoms. The van der Waals surface area contributed by atoms with Crippen molar-refractivity contribution < 1.29 is 23.8 Å². The lowest BCUT2D eigenvalue weighted by Crippen LogP contribution is -2.24. The molecule has 1 aromatic rings. The Balaban J connectivity index is 2.87. The summed E-state index contributed by atoms with van der Waals surface area (Å²) < 4.78 is 15.2. The third-order valence-corrected chi connectivity index (χ3v) is 2.64. The number of esters is 1. The van der Waals surface area contributed by atoms with Crippen molar-refractivity contribution in [2.24, 2.45) is 10.8 Å². The summed E-state index contributed by atoms with van der Waals surface area (Å²) in [6.45, 7) is 1.70. The number of urea groups is 1. The fraction of sp³-hybridized carbons (Fsp3) is 0.308. The molecular weight excluding hydrogens is 314 g/mol. The molecule has 120 valence electrons.